The van der Waals surface area contributed by atoms with E-state index in [-0.39, 0.29) is 24.5 Å². The number of para-hydroxylation sites is 1. The van der Waals surface area contributed by atoms with E-state index in [1.165, 1.54) is 0 Å². The van der Waals surface area contributed by atoms with Gasteiger partial charge in [-0.1, -0.05) is 46.3 Å². The number of nitrogens with one attached hydrogen (secondary N) is 2. The predicted octanol–water partition coefficient (Wildman–Crippen LogP) is 3.94. The molecule has 2 rings (SSSR count). The standard InChI is InChI=1S/C21H25BrN2O3S/c1-15(16-8-10-17(22)11-9-16)23-21(26)19(12-13-28-2)24-20(25)14-27-18-6-4-3-5-7-18/h3-11,15,19H,12-14H2,1-2H3,(H,23,26)(H,24,25). The van der Waals surface area contributed by atoms with Crippen molar-refractivity contribution in [3.05, 3.63) is 64.6 Å². The van der Waals surface area contributed by atoms with Gasteiger partial charge in [0.1, 0.15) is 11.8 Å². The molecule has 2 amide bonds. The highest BCUT2D eigenvalue weighted by Crippen LogP contribution is 2.17. The number of thioether (sulfide) groups is 1. The van der Waals surface area contributed by atoms with Gasteiger partial charge in [0, 0.05) is 4.47 Å². The van der Waals surface area contributed by atoms with Crippen molar-refractivity contribution in [2.45, 2.75) is 25.4 Å². The minimum absolute atomic E-state index is 0.130. The number of amides is 2. The first-order chi connectivity index (χ1) is 13.5. The monoisotopic (exact) mass is 464 g/mol. The Hall–Kier alpha value is -1.99. The van der Waals surface area contributed by atoms with Crippen LogP contribution in [-0.4, -0.2) is 36.5 Å². The minimum Gasteiger partial charge on any atom is -0.484 e. The Morgan fingerprint density at radius 2 is 1.75 bits per heavy atom. The Labute approximate surface area is 178 Å². The molecule has 0 radical (unpaired) electrons. The van der Waals surface area contributed by atoms with E-state index < -0.39 is 6.04 Å². The van der Waals surface area contributed by atoms with Crippen LogP contribution in [0, 0.1) is 0 Å². The normalized spacial score (nSPS) is 12.7. The van der Waals surface area contributed by atoms with E-state index in [1.54, 1.807) is 23.9 Å². The van der Waals surface area contributed by atoms with Gasteiger partial charge in [-0.25, -0.2) is 0 Å². The van der Waals surface area contributed by atoms with Crippen LogP contribution >= 0.6 is 27.7 Å². The van der Waals surface area contributed by atoms with E-state index >= 15 is 0 Å². The maximum absolute atomic E-state index is 12.7. The lowest BCUT2D eigenvalue weighted by Gasteiger charge is -2.21. The molecule has 0 saturated carbocycles. The Bertz CT molecular complexity index is 756. The highest BCUT2D eigenvalue weighted by molar-refractivity contribution is 9.10. The number of hydrogen-bond acceptors (Lipinski definition) is 4. The summed E-state index contributed by atoms with van der Waals surface area (Å²) in [6.07, 6.45) is 2.52. The molecule has 2 aromatic rings. The number of carbonyl (C=O) groups is 2. The molecule has 2 unspecified atom stereocenters. The largest absolute Gasteiger partial charge is 0.484 e. The lowest BCUT2D eigenvalue weighted by molar-refractivity contribution is -0.130. The molecule has 0 bridgehead atoms. The average molecular weight is 465 g/mol. The second kappa shape index (κ2) is 11.8. The average Bonchev–Trinajstić information content (AvgIpc) is 2.70. The molecule has 0 saturated heterocycles. The molecular weight excluding hydrogens is 440 g/mol. The molecule has 7 heteroatoms. The first-order valence-corrected chi connectivity index (χ1v) is 11.2. The van der Waals surface area contributed by atoms with E-state index in [0.717, 1.165) is 15.8 Å². The molecule has 150 valence electrons. The highest BCUT2D eigenvalue weighted by Gasteiger charge is 2.22. The van der Waals surface area contributed by atoms with Crippen LogP contribution in [0.15, 0.2) is 59.1 Å². The fourth-order valence-corrected chi connectivity index (χ4v) is 3.29. The van der Waals surface area contributed by atoms with Crippen molar-refractivity contribution in [1.82, 2.24) is 10.6 Å². The van der Waals surface area contributed by atoms with Gasteiger partial charge in [-0.3, -0.25) is 9.59 Å². The molecular formula is C21H25BrN2O3S. The molecule has 0 aliphatic carbocycles. The first-order valence-electron chi connectivity index (χ1n) is 9.01. The third kappa shape index (κ3) is 7.56. The fraction of sp³-hybridized carbons (Fsp3) is 0.333. The van der Waals surface area contributed by atoms with Crippen molar-refractivity contribution in [3.63, 3.8) is 0 Å². The van der Waals surface area contributed by atoms with Crippen LogP contribution in [0.1, 0.15) is 24.9 Å². The zero-order valence-corrected chi connectivity index (χ0v) is 18.4. The van der Waals surface area contributed by atoms with Gasteiger partial charge < -0.3 is 15.4 Å². The SMILES string of the molecule is CSCCC(NC(=O)COc1ccccc1)C(=O)NC(C)c1ccc(Br)cc1. The lowest BCUT2D eigenvalue weighted by Crippen LogP contribution is -2.48. The van der Waals surface area contributed by atoms with Crippen molar-refractivity contribution in [2.24, 2.45) is 0 Å². The van der Waals surface area contributed by atoms with Gasteiger partial charge in [0.05, 0.1) is 6.04 Å². The topological polar surface area (TPSA) is 67.4 Å². The van der Waals surface area contributed by atoms with Gasteiger partial charge >= 0.3 is 0 Å². The summed E-state index contributed by atoms with van der Waals surface area (Å²) in [6.45, 7) is 1.79. The predicted molar refractivity (Wildman–Crippen MR) is 118 cm³/mol. The number of carbonyl (C=O) groups excluding carboxylic acids is 2. The van der Waals surface area contributed by atoms with Crippen molar-refractivity contribution in [3.8, 4) is 5.75 Å². The third-order valence-corrected chi connectivity index (χ3v) is 5.28. The van der Waals surface area contributed by atoms with Crippen molar-refractivity contribution >= 4 is 39.5 Å². The highest BCUT2D eigenvalue weighted by atomic mass is 79.9. The quantitative estimate of drug-likeness (QED) is 0.558. The Morgan fingerprint density at radius 3 is 2.39 bits per heavy atom. The molecule has 2 N–H and O–H groups in total. The fourth-order valence-electron chi connectivity index (χ4n) is 2.55. The van der Waals surface area contributed by atoms with Crippen LogP contribution in [0.25, 0.3) is 0 Å². The Balaban J connectivity index is 1.91. The second-order valence-electron chi connectivity index (χ2n) is 6.29. The first kappa shape index (κ1) is 22.3. The maximum atomic E-state index is 12.7. The smallest absolute Gasteiger partial charge is 0.258 e. The van der Waals surface area contributed by atoms with E-state index in [2.05, 4.69) is 26.6 Å². The molecule has 0 fully saturated rings. The summed E-state index contributed by atoms with van der Waals surface area (Å²) in [6, 6.07) is 16.1. The molecule has 0 aliphatic heterocycles. The number of rotatable bonds is 10. The number of hydrogen-bond donors (Lipinski definition) is 2. The van der Waals surface area contributed by atoms with E-state index in [0.29, 0.717) is 12.2 Å². The molecule has 0 heterocycles. The lowest BCUT2D eigenvalue weighted by atomic mass is 10.1. The summed E-state index contributed by atoms with van der Waals surface area (Å²) >= 11 is 5.04. The van der Waals surface area contributed by atoms with Gasteiger partial charge in [-0.05, 0) is 55.2 Å². The van der Waals surface area contributed by atoms with Gasteiger partial charge in [-0.2, -0.15) is 11.8 Å². The number of halogens is 1. The van der Waals surface area contributed by atoms with Crippen LogP contribution in [-0.2, 0) is 9.59 Å². The molecule has 5 nitrogen and oxygen atoms in total. The van der Waals surface area contributed by atoms with Crippen LogP contribution in [0.5, 0.6) is 5.75 Å². The Kier molecular flexibility index (Phi) is 9.37. The van der Waals surface area contributed by atoms with Crippen molar-refractivity contribution in [1.29, 1.82) is 0 Å². The summed E-state index contributed by atoms with van der Waals surface area (Å²) in [4.78, 5) is 25.0. The van der Waals surface area contributed by atoms with Crippen LogP contribution in [0.3, 0.4) is 0 Å². The number of benzene rings is 2. The van der Waals surface area contributed by atoms with Gasteiger partial charge in [0.2, 0.25) is 5.91 Å². The van der Waals surface area contributed by atoms with E-state index in [9.17, 15) is 9.59 Å². The van der Waals surface area contributed by atoms with E-state index in [4.69, 9.17) is 4.74 Å². The summed E-state index contributed by atoms with van der Waals surface area (Å²) in [5.74, 6) is 0.871. The molecule has 0 aliphatic rings. The summed E-state index contributed by atoms with van der Waals surface area (Å²) in [7, 11) is 0. The van der Waals surface area contributed by atoms with Crippen LogP contribution in [0.2, 0.25) is 0 Å². The van der Waals surface area contributed by atoms with Crippen molar-refractivity contribution < 1.29 is 14.3 Å². The zero-order valence-electron chi connectivity index (χ0n) is 16.0. The second-order valence-corrected chi connectivity index (χ2v) is 8.19. The third-order valence-electron chi connectivity index (χ3n) is 4.10. The molecule has 0 aromatic heterocycles. The molecule has 28 heavy (non-hydrogen) atoms. The zero-order chi connectivity index (χ0) is 20.4. The van der Waals surface area contributed by atoms with Gasteiger partial charge in [-0.15, -0.1) is 0 Å². The molecule has 0 spiro atoms. The molecule has 2 aromatic carbocycles. The van der Waals surface area contributed by atoms with Gasteiger partial charge in [0.25, 0.3) is 5.91 Å². The number of ether oxygens (including phenoxy) is 1. The Morgan fingerprint density at radius 1 is 1.07 bits per heavy atom. The maximum Gasteiger partial charge on any atom is 0.258 e. The van der Waals surface area contributed by atoms with Crippen LogP contribution in [0.4, 0.5) is 0 Å². The van der Waals surface area contributed by atoms with Gasteiger partial charge in [0.15, 0.2) is 6.61 Å². The van der Waals surface area contributed by atoms with E-state index in [1.807, 2.05) is 55.6 Å². The summed E-state index contributed by atoms with van der Waals surface area (Å²) in [5, 5.41) is 5.78. The molecule has 2 atom stereocenters. The summed E-state index contributed by atoms with van der Waals surface area (Å²) < 4.78 is 6.45. The minimum atomic E-state index is -0.600. The summed E-state index contributed by atoms with van der Waals surface area (Å²) in [5.41, 5.74) is 0.999. The van der Waals surface area contributed by atoms with Crippen molar-refractivity contribution in [2.75, 3.05) is 18.6 Å². The van der Waals surface area contributed by atoms with Crippen LogP contribution < -0.4 is 15.4 Å².